The quantitative estimate of drug-likeness (QED) is 0.687. The number of aliphatic hydroxyl groups is 1. The van der Waals surface area contributed by atoms with Crippen LogP contribution in [0, 0.1) is 5.92 Å². The van der Waals surface area contributed by atoms with Crippen LogP contribution in [0.15, 0.2) is 24.4 Å². The number of carbonyl (C=O) groups excluding carboxylic acids is 2. The molecular weight excluding hydrogens is 357 g/mol. The molecule has 1 aliphatic rings. The predicted octanol–water partition coefficient (Wildman–Crippen LogP) is 0.904. The van der Waals surface area contributed by atoms with Crippen LogP contribution in [0.2, 0.25) is 0 Å². The van der Waals surface area contributed by atoms with Crippen LogP contribution in [-0.4, -0.2) is 47.5 Å². The number of nitrogens with two attached hydrogens (primary N) is 1. The van der Waals surface area contributed by atoms with Gasteiger partial charge in [-0.15, -0.1) is 0 Å². The van der Waals surface area contributed by atoms with Gasteiger partial charge in [0, 0.05) is 11.6 Å². The highest BCUT2D eigenvalue weighted by Crippen LogP contribution is 2.34. The number of amides is 2. The average molecular weight is 377 g/mol. The standard InChI is InChI=1S/C18H20FN3O5/c1-3-12-14(19)16(24)22-18(12,25)8-27-17-10-7-13(26-2)11(15(20)23)6-9(10)4-5-21-17/h4-7,12,14,25H,3,8H2,1-2H3,(H2,20,23)(H,22,24)/t12-,14+,18+/m1/s1. The van der Waals surface area contributed by atoms with Crippen LogP contribution >= 0.6 is 0 Å². The molecule has 144 valence electrons. The summed E-state index contributed by atoms with van der Waals surface area (Å²) >= 11 is 0. The highest BCUT2D eigenvalue weighted by atomic mass is 19.1. The Hall–Kier alpha value is -2.94. The number of alkyl halides is 1. The zero-order chi connectivity index (χ0) is 19.8. The number of aromatic nitrogens is 1. The first-order chi connectivity index (χ1) is 12.8. The van der Waals surface area contributed by atoms with Crippen molar-refractivity contribution in [2.75, 3.05) is 13.7 Å². The Bertz CT molecular complexity index is 906. The summed E-state index contributed by atoms with van der Waals surface area (Å²) in [6, 6.07) is 4.75. The highest BCUT2D eigenvalue weighted by Gasteiger charge is 2.52. The molecule has 3 rings (SSSR count). The van der Waals surface area contributed by atoms with Crippen molar-refractivity contribution < 1.29 is 28.6 Å². The molecular formula is C18H20FN3O5. The minimum Gasteiger partial charge on any atom is -0.496 e. The molecule has 2 aromatic rings. The van der Waals surface area contributed by atoms with Crippen LogP contribution in [0.5, 0.6) is 11.6 Å². The fraction of sp³-hybridized carbons (Fsp3) is 0.389. The number of fused-ring (bicyclic) bond motifs is 1. The molecule has 27 heavy (non-hydrogen) atoms. The summed E-state index contributed by atoms with van der Waals surface area (Å²) < 4.78 is 24.8. The first kappa shape index (κ1) is 18.8. The molecule has 0 radical (unpaired) electrons. The van der Waals surface area contributed by atoms with Crippen LogP contribution in [0.25, 0.3) is 10.8 Å². The van der Waals surface area contributed by atoms with Gasteiger partial charge in [-0.3, -0.25) is 9.59 Å². The van der Waals surface area contributed by atoms with E-state index in [1.54, 1.807) is 25.1 Å². The van der Waals surface area contributed by atoms with Crippen LogP contribution in [0.3, 0.4) is 0 Å². The van der Waals surface area contributed by atoms with E-state index >= 15 is 0 Å². The number of hydrogen-bond acceptors (Lipinski definition) is 6. The third-order valence-corrected chi connectivity index (χ3v) is 4.74. The summed E-state index contributed by atoms with van der Waals surface area (Å²) in [6.45, 7) is 1.29. The molecule has 0 saturated carbocycles. The summed E-state index contributed by atoms with van der Waals surface area (Å²) in [5.74, 6) is -2.06. The molecule has 1 saturated heterocycles. The molecule has 2 heterocycles. The number of methoxy groups -OCH3 is 1. The van der Waals surface area contributed by atoms with Crippen LogP contribution < -0.4 is 20.5 Å². The first-order valence-electron chi connectivity index (χ1n) is 8.38. The molecule has 8 nitrogen and oxygen atoms in total. The highest BCUT2D eigenvalue weighted by molar-refractivity contribution is 6.01. The number of carbonyl (C=O) groups is 2. The predicted molar refractivity (Wildman–Crippen MR) is 94.1 cm³/mol. The lowest BCUT2D eigenvalue weighted by Gasteiger charge is -2.28. The number of nitrogens with one attached hydrogen (secondary N) is 1. The number of nitrogens with zero attached hydrogens (tertiary/aromatic N) is 1. The SMILES string of the molecule is CC[C@@H]1[C@H](F)C(=O)N[C@]1(O)COc1nccc2cc(C(N)=O)c(OC)cc12. The molecule has 0 unspecified atom stereocenters. The Morgan fingerprint density at radius 2 is 2.22 bits per heavy atom. The van der Waals surface area contributed by atoms with E-state index in [0.717, 1.165) is 0 Å². The van der Waals surface area contributed by atoms with Gasteiger partial charge < -0.3 is 25.6 Å². The molecule has 1 aromatic carbocycles. The number of hydrogen-bond donors (Lipinski definition) is 3. The number of ether oxygens (including phenoxy) is 2. The smallest absolute Gasteiger partial charge is 0.257 e. The third-order valence-electron chi connectivity index (χ3n) is 4.74. The second-order valence-electron chi connectivity index (χ2n) is 6.37. The lowest BCUT2D eigenvalue weighted by atomic mass is 9.93. The topological polar surface area (TPSA) is 124 Å². The zero-order valence-electron chi connectivity index (χ0n) is 14.9. The Labute approximate surface area is 154 Å². The number of primary amides is 1. The summed E-state index contributed by atoms with van der Waals surface area (Å²) in [6.07, 6.45) is -0.0951. The summed E-state index contributed by atoms with van der Waals surface area (Å²) in [5, 5.41) is 14.0. The van der Waals surface area contributed by atoms with Crippen molar-refractivity contribution in [3.63, 3.8) is 0 Å². The number of halogens is 1. The molecule has 3 atom stereocenters. The van der Waals surface area contributed by atoms with Crippen molar-refractivity contribution in [1.82, 2.24) is 10.3 Å². The van der Waals surface area contributed by atoms with E-state index in [1.807, 2.05) is 0 Å². The summed E-state index contributed by atoms with van der Waals surface area (Å²) in [7, 11) is 1.40. The Morgan fingerprint density at radius 3 is 2.85 bits per heavy atom. The lowest BCUT2D eigenvalue weighted by Crippen LogP contribution is -2.51. The van der Waals surface area contributed by atoms with E-state index in [9.17, 15) is 19.1 Å². The molecule has 0 bridgehead atoms. The number of benzene rings is 1. The van der Waals surface area contributed by atoms with Gasteiger partial charge in [-0.05, 0) is 30.0 Å². The Kier molecular flexibility index (Phi) is 4.88. The molecule has 1 aliphatic heterocycles. The molecule has 0 aliphatic carbocycles. The van der Waals surface area contributed by atoms with Gasteiger partial charge in [-0.25, -0.2) is 9.37 Å². The van der Waals surface area contributed by atoms with Gasteiger partial charge in [0.05, 0.1) is 18.6 Å². The monoisotopic (exact) mass is 377 g/mol. The summed E-state index contributed by atoms with van der Waals surface area (Å²) in [5.41, 5.74) is 3.72. The minimum atomic E-state index is -1.84. The number of rotatable bonds is 6. The second-order valence-corrected chi connectivity index (χ2v) is 6.37. The lowest BCUT2D eigenvalue weighted by molar-refractivity contribution is -0.125. The van der Waals surface area contributed by atoms with Crippen molar-refractivity contribution in [1.29, 1.82) is 0 Å². The Morgan fingerprint density at radius 1 is 1.48 bits per heavy atom. The Balaban J connectivity index is 1.94. The van der Waals surface area contributed by atoms with E-state index in [0.29, 0.717) is 10.8 Å². The van der Waals surface area contributed by atoms with Gasteiger partial charge >= 0.3 is 0 Å². The van der Waals surface area contributed by atoms with E-state index in [2.05, 4.69) is 10.3 Å². The van der Waals surface area contributed by atoms with Gasteiger partial charge in [-0.2, -0.15) is 0 Å². The van der Waals surface area contributed by atoms with Crippen molar-refractivity contribution in [2.24, 2.45) is 11.7 Å². The molecule has 2 amide bonds. The van der Waals surface area contributed by atoms with Gasteiger partial charge in [0.1, 0.15) is 12.4 Å². The fourth-order valence-corrected chi connectivity index (χ4v) is 3.32. The van der Waals surface area contributed by atoms with Crippen molar-refractivity contribution in [3.8, 4) is 11.6 Å². The van der Waals surface area contributed by atoms with Gasteiger partial charge in [0.15, 0.2) is 11.9 Å². The van der Waals surface area contributed by atoms with E-state index in [4.69, 9.17) is 15.2 Å². The minimum absolute atomic E-state index is 0.140. The van der Waals surface area contributed by atoms with Gasteiger partial charge in [0.25, 0.3) is 11.8 Å². The van der Waals surface area contributed by atoms with Gasteiger partial charge in [0.2, 0.25) is 5.88 Å². The maximum atomic E-state index is 14.0. The van der Waals surface area contributed by atoms with Crippen LogP contribution in [-0.2, 0) is 4.79 Å². The van der Waals surface area contributed by atoms with Crippen molar-refractivity contribution in [3.05, 3.63) is 30.0 Å². The van der Waals surface area contributed by atoms with E-state index < -0.39 is 29.6 Å². The second kappa shape index (κ2) is 6.99. The molecule has 9 heteroatoms. The summed E-state index contributed by atoms with van der Waals surface area (Å²) in [4.78, 5) is 27.3. The maximum absolute atomic E-state index is 14.0. The maximum Gasteiger partial charge on any atom is 0.257 e. The van der Waals surface area contributed by atoms with Crippen molar-refractivity contribution in [2.45, 2.75) is 25.2 Å². The first-order valence-corrected chi connectivity index (χ1v) is 8.38. The third kappa shape index (κ3) is 3.25. The van der Waals surface area contributed by atoms with E-state index in [1.165, 1.54) is 13.3 Å². The number of pyridine rings is 1. The molecule has 1 fully saturated rings. The van der Waals surface area contributed by atoms with Crippen molar-refractivity contribution >= 4 is 22.6 Å². The average Bonchev–Trinajstić information content (AvgIpc) is 2.87. The molecule has 4 N–H and O–H groups in total. The largest absolute Gasteiger partial charge is 0.496 e. The van der Waals surface area contributed by atoms with Crippen LogP contribution in [0.1, 0.15) is 23.7 Å². The zero-order valence-corrected chi connectivity index (χ0v) is 14.9. The van der Waals surface area contributed by atoms with E-state index in [-0.39, 0.29) is 30.2 Å². The van der Waals surface area contributed by atoms with Gasteiger partial charge in [-0.1, -0.05) is 6.92 Å². The fourth-order valence-electron chi connectivity index (χ4n) is 3.32. The normalized spacial score (nSPS) is 24.7. The van der Waals surface area contributed by atoms with Crippen LogP contribution in [0.4, 0.5) is 4.39 Å². The molecule has 1 aromatic heterocycles. The molecule has 0 spiro atoms.